The fourth-order valence-electron chi connectivity index (χ4n) is 2.87. The maximum Gasteiger partial charge on any atom is 0.329 e. The Morgan fingerprint density at radius 3 is 2.50 bits per heavy atom. The van der Waals surface area contributed by atoms with Gasteiger partial charge >= 0.3 is 5.97 Å². The Balaban J connectivity index is 2.04. The molecule has 0 bridgehead atoms. The number of carboxylic acids is 1. The van der Waals surface area contributed by atoms with Gasteiger partial charge in [-0.15, -0.1) is 0 Å². The quantitative estimate of drug-likeness (QED) is 0.907. The molecule has 1 aliphatic carbocycles. The average Bonchev–Trinajstić information content (AvgIpc) is 2.53. The minimum atomic E-state index is -1.17. The van der Waals surface area contributed by atoms with Crippen LogP contribution in [0.1, 0.15) is 32.1 Å². The van der Waals surface area contributed by atoms with E-state index in [-0.39, 0.29) is 12.4 Å². The van der Waals surface area contributed by atoms with Crippen molar-refractivity contribution < 1.29 is 23.8 Å². The SMILES string of the molecule is CN(C(=O)COc1ccccc1F)C1(C(=O)O)CCCCC1. The van der Waals surface area contributed by atoms with Crippen LogP contribution in [0.5, 0.6) is 5.75 Å². The van der Waals surface area contributed by atoms with Crippen molar-refractivity contribution in [3.63, 3.8) is 0 Å². The summed E-state index contributed by atoms with van der Waals surface area (Å²) < 4.78 is 18.6. The molecular weight excluding hydrogens is 289 g/mol. The molecule has 0 atom stereocenters. The Hall–Kier alpha value is -2.11. The van der Waals surface area contributed by atoms with Crippen molar-refractivity contribution in [1.82, 2.24) is 4.90 Å². The molecule has 22 heavy (non-hydrogen) atoms. The molecule has 2 rings (SSSR count). The molecule has 1 aromatic rings. The molecule has 0 saturated heterocycles. The van der Waals surface area contributed by atoms with Crippen molar-refractivity contribution in [2.24, 2.45) is 0 Å². The van der Waals surface area contributed by atoms with Gasteiger partial charge in [0, 0.05) is 7.05 Å². The Kier molecular flexibility index (Phi) is 5.00. The molecule has 0 aliphatic heterocycles. The predicted molar refractivity (Wildman–Crippen MR) is 78.1 cm³/mol. The lowest BCUT2D eigenvalue weighted by molar-refractivity contribution is -0.161. The molecule has 1 N–H and O–H groups in total. The van der Waals surface area contributed by atoms with Gasteiger partial charge in [0.1, 0.15) is 5.54 Å². The zero-order chi connectivity index (χ0) is 16.2. The Morgan fingerprint density at radius 1 is 1.27 bits per heavy atom. The van der Waals surface area contributed by atoms with Gasteiger partial charge in [0.2, 0.25) is 0 Å². The van der Waals surface area contributed by atoms with Gasteiger partial charge in [0.25, 0.3) is 5.91 Å². The first-order chi connectivity index (χ1) is 10.5. The molecule has 0 spiro atoms. The van der Waals surface area contributed by atoms with Crippen LogP contribution in [0.4, 0.5) is 4.39 Å². The first-order valence-electron chi connectivity index (χ1n) is 7.35. The number of carbonyl (C=O) groups is 2. The second-order valence-electron chi connectivity index (χ2n) is 5.57. The largest absolute Gasteiger partial charge is 0.481 e. The number of likely N-dealkylation sites (N-methyl/N-ethyl adjacent to an activating group) is 1. The molecule has 1 fully saturated rings. The number of carbonyl (C=O) groups excluding carboxylic acids is 1. The van der Waals surface area contributed by atoms with Crippen molar-refractivity contribution in [3.8, 4) is 5.75 Å². The molecule has 120 valence electrons. The van der Waals surface area contributed by atoms with E-state index in [9.17, 15) is 19.1 Å². The summed E-state index contributed by atoms with van der Waals surface area (Å²) in [5.74, 6) is -2.03. The van der Waals surface area contributed by atoms with Gasteiger partial charge < -0.3 is 14.7 Å². The van der Waals surface area contributed by atoms with Crippen molar-refractivity contribution in [2.45, 2.75) is 37.6 Å². The summed E-state index contributed by atoms with van der Waals surface area (Å²) >= 11 is 0. The number of amides is 1. The molecule has 1 amide bonds. The van der Waals surface area contributed by atoms with Crippen LogP contribution in [-0.4, -0.2) is 41.1 Å². The van der Waals surface area contributed by atoms with Crippen LogP contribution in [0, 0.1) is 5.82 Å². The van der Waals surface area contributed by atoms with E-state index in [1.807, 2.05) is 0 Å². The van der Waals surface area contributed by atoms with Gasteiger partial charge in [-0.2, -0.15) is 0 Å². The third kappa shape index (κ3) is 3.21. The number of hydrogen-bond acceptors (Lipinski definition) is 3. The van der Waals surface area contributed by atoms with E-state index in [0.29, 0.717) is 12.8 Å². The average molecular weight is 309 g/mol. The number of ether oxygens (including phenoxy) is 1. The van der Waals surface area contributed by atoms with Crippen molar-refractivity contribution in [3.05, 3.63) is 30.1 Å². The van der Waals surface area contributed by atoms with Crippen LogP contribution in [0.25, 0.3) is 0 Å². The van der Waals surface area contributed by atoms with Gasteiger partial charge in [0.15, 0.2) is 18.2 Å². The first-order valence-corrected chi connectivity index (χ1v) is 7.35. The number of aliphatic carboxylic acids is 1. The van der Waals surface area contributed by atoms with Crippen molar-refractivity contribution >= 4 is 11.9 Å². The van der Waals surface area contributed by atoms with Gasteiger partial charge in [-0.3, -0.25) is 4.79 Å². The van der Waals surface area contributed by atoms with Crippen molar-refractivity contribution in [1.29, 1.82) is 0 Å². The molecule has 5 nitrogen and oxygen atoms in total. The van der Waals surface area contributed by atoms with E-state index in [1.165, 1.54) is 30.1 Å². The van der Waals surface area contributed by atoms with Gasteiger partial charge in [0.05, 0.1) is 0 Å². The van der Waals surface area contributed by atoms with E-state index < -0.39 is 23.2 Å². The lowest BCUT2D eigenvalue weighted by Gasteiger charge is -2.40. The molecule has 6 heteroatoms. The smallest absolute Gasteiger partial charge is 0.329 e. The Labute approximate surface area is 128 Å². The number of benzene rings is 1. The molecule has 0 unspecified atom stereocenters. The predicted octanol–water partition coefficient (Wildman–Crippen LogP) is 2.45. The highest BCUT2D eigenvalue weighted by Gasteiger charge is 2.45. The van der Waals surface area contributed by atoms with Crippen LogP contribution >= 0.6 is 0 Å². The number of halogens is 1. The number of carboxylic acid groups (broad SMARTS) is 1. The molecule has 1 saturated carbocycles. The minimum absolute atomic E-state index is 0.0164. The molecule has 0 aromatic heterocycles. The topological polar surface area (TPSA) is 66.8 Å². The summed E-state index contributed by atoms with van der Waals surface area (Å²) in [5, 5.41) is 9.54. The summed E-state index contributed by atoms with van der Waals surface area (Å²) in [6.45, 7) is -0.382. The molecule has 0 radical (unpaired) electrons. The van der Waals surface area contributed by atoms with E-state index in [4.69, 9.17) is 4.74 Å². The monoisotopic (exact) mass is 309 g/mol. The van der Waals surface area contributed by atoms with E-state index in [1.54, 1.807) is 6.07 Å². The lowest BCUT2D eigenvalue weighted by atomic mass is 9.80. The Bertz CT molecular complexity index is 555. The zero-order valence-electron chi connectivity index (χ0n) is 12.5. The third-order valence-corrected chi connectivity index (χ3v) is 4.28. The van der Waals surface area contributed by atoms with Crippen LogP contribution in [-0.2, 0) is 9.59 Å². The highest BCUT2D eigenvalue weighted by Crippen LogP contribution is 2.33. The fraction of sp³-hybridized carbons (Fsp3) is 0.500. The number of hydrogen-bond donors (Lipinski definition) is 1. The maximum atomic E-state index is 13.5. The molecule has 1 aliphatic rings. The van der Waals surface area contributed by atoms with Gasteiger partial charge in [-0.05, 0) is 25.0 Å². The van der Waals surface area contributed by atoms with Crippen molar-refractivity contribution in [2.75, 3.05) is 13.7 Å². The zero-order valence-corrected chi connectivity index (χ0v) is 12.5. The Morgan fingerprint density at radius 2 is 1.91 bits per heavy atom. The van der Waals surface area contributed by atoms with Gasteiger partial charge in [-0.25, -0.2) is 9.18 Å². The number of rotatable bonds is 5. The highest BCUT2D eigenvalue weighted by molar-refractivity contribution is 5.87. The third-order valence-electron chi connectivity index (χ3n) is 4.28. The lowest BCUT2D eigenvalue weighted by Crippen LogP contribution is -2.57. The molecule has 1 aromatic carbocycles. The van der Waals surface area contributed by atoms with E-state index >= 15 is 0 Å². The van der Waals surface area contributed by atoms with E-state index in [2.05, 4.69) is 0 Å². The van der Waals surface area contributed by atoms with E-state index in [0.717, 1.165) is 19.3 Å². The van der Waals surface area contributed by atoms with Crippen LogP contribution in [0.3, 0.4) is 0 Å². The van der Waals surface area contributed by atoms with Crippen LogP contribution in [0.2, 0.25) is 0 Å². The number of nitrogens with zero attached hydrogens (tertiary/aromatic N) is 1. The van der Waals surface area contributed by atoms with Gasteiger partial charge in [-0.1, -0.05) is 31.4 Å². The second-order valence-corrected chi connectivity index (χ2v) is 5.57. The second kappa shape index (κ2) is 6.77. The summed E-state index contributed by atoms with van der Waals surface area (Å²) in [5.41, 5.74) is -1.17. The summed E-state index contributed by atoms with van der Waals surface area (Å²) in [6, 6.07) is 5.80. The summed E-state index contributed by atoms with van der Waals surface area (Å²) in [7, 11) is 1.48. The normalized spacial score (nSPS) is 16.8. The molecule has 0 heterocycles. The maximum absolute atomic E-state index is 13.5. The van der Waals surface area contributed by atoms with Crippen LogP contribution < -0.4 is 4.74 Å². The summed E-state index contributed by atoms with van der Waals surface area (Å²) in [6.07, 6.45) is 3.40. The first kappa shape index (κ1) is 16.3. The summed E-state index contributed by atoms with van der Waals surface area (Å²) in [4.78, 5) is 25.2. The molecular formula is C16H20FNO4. The fourth-order valence-corrected chi connectivity index (χ4v) is 2.87. The minimum Gasteiger partial charge on any atom is -0.481 e. The van der Waals surface area contributed by atoms with Crippen LogP contribution in [0.15, 0.2) is 24.3 Å². The standard InChI is InChI=1S/C16H20FNO4/c1-18(16(15(20)21)9-5-2-6-10-16)14(19)11-22-13-8-4-3-7-12(13)17/h3-4,7-8H,2,5-6,9-11H2,1H3,(H,20,21). The number of para-hydroxylation sites is 1. The highest BCUT2D eigenvalue weighted by atomic mass is 19.1.